The summed E-state index contributed by atoms with van der Waals surface area (Å²) in [6, 6.07) is 10.7. The molecule has 0 saturated heterocycles. The van der Waals surface area contributed by atoms with Gasteiger partial charge in [0, 0.05) is 5.56 Å². The van der Waals surface area contributed by atoms with Crippen molar-refractivity contribution < 1.29 is 23.8 Å². The van der Waals surface area contributed by atoms with Crippen LogP contribution in [0, 0.1) is 17.7 Å². The van der Waals surface area contributed by atoms with Gasteiger partial charge in [-0.25, -0.2) is 4.39 Å². The highest BCUT2D eigenvalue weighted by molar-refractivity contribution is 5.72. The number of allylic oxidation sites excluding steroid dienone is 4. The minimum Gasteiger partial charge on any atom is -0.497 e. The molecule has 0 aromatic heterocycles. The topological polar surface area (TPSA) is 55.8 Å². The van der Waals surface area contributed by atoms with Gasteiger partial charge in [-0.05, 0) is 83.7 Å². The van der Waals surface area contributed by atoms with Crippen molar-refractivity contribution in [2.75, 3.05) is 7.11 Å². The van der Waals surface area contributed by atoms with E-state index in [-0.39, 0.29) is 17.2 Å². The first-order valence-electron chi connectivity index (χ1n) is 12.3. The van der Waals surface area contributed by atoms with Crippen LogP contribution in [0.15, 0.2) is 72.0 Å². The lowest BCUT2D eigenvalue weighted by molar-refractivity contribution is -0.142. The monoisotopic (exact) mass is 492 g/mol. The first-order valence-corrected chi connectivity index (χ1v) is 12.3. The van der Waals surface area contributed by atoms with Crippen molar-refractivity contribution >= 4 is 5.97 Å². The number of hydrogen-bond acceptors (Lipinski definition) is 3. The fraction of sp³-hybridized carbons (Fsp3) is 0.387. The Labute approximate surface area is 214 Å². The zero-order valence-electron chi connectivity index (χ0n) is 22.2. The molecule has 192 valence electrons. The summed E-state index contributed by atoms with van der Waals surface area (Å²) >= 11 is 0. The number of halogens is 1. The van der Waals surface area contributed by atoms with Crippen LogP contribution in [0.2, 0.25) is 0 Å². The van der Waals surface area contributed by atoms with E-state index in [1.54, 1.807) is 26.2 Å². The molecule has 1 aliphatic carbocycles. The number of methoxy groups -OCH3 is 1. The van der Waals surface area contributed by atoms with Gasteiger partial charge >= 0.3 is 5.97 Å². The van der Waals surface area contributed by atoms with Gasteiger partial charge in [0.15, 0.2) is 0 Å². The summed E-state index contributed by atoms with van der Waals surface area (Å²) in [7, 11) is 1.57. The molecule has 0 aliphatic heterocycles. The van der Waals surface area contributed by atoms with E-state index in [1.807, 2.05) is 31.2 Å². The average Bonchev–Trinajstić information content (AvgIpc) is 3.20. The number of carbonyl (C=O) groups is 1. The summed E-state index contributed by atoms with van der Waals surface area (Å²) in [5.74, 6) is -0.365. The van der Waals surface area contributed by atoms with Gasteiger partial charge in [0.05, 0.1) is 13.0 Å². The average molecular weight is 493 g/mol. The maximum Gasteiger partial charge on any atom is 0.306 e. The van der Waals surface area contributed by atoms with Crippen LogP contribution in [-0.4, -0.2) is 18.2 Å². The highest BCUT2D eigenvalue weighted by Crippen LogP contribution is 2.41. The number of aliphatic carboxylic acids is 1. The fourth-order valence-corrected chi connectivity index (χ4v) is 4.69. The molecule has 0 bridgehead atoms. The van der Waals surface area contributed by atoms with Gasteiger partial charge < -0.3 is 14.6 Å². The molecule has 1 aliphatic rings. The quantitative estimate of drug-likeness (QED) is 0.382. The Hall–Kier alpha value is -3.34. The predicted molar refractivity (Wildman–Crippen MR) is 142 cm³/mol. The van der Waals surface area contributed by atoms with E-state index in [4.69, 9.17) is 9.47 Å². The standard InChI is InChI=1S/C31H37FO4/c1-8-22(16-26-19(2)9-12-24(26)20(3)30(33)34)36-18-21-10-13-25(28(15-21)31(4,5)6)27-17-23(35-7)11-14-29(27)32/h8,10-11,13-17,20,24H,2,9,12,18H2,1,3-7H3,(H,33,34)/b22-8+,26-16+/t20-,24?/m0/s1. The molecule has 0 radical (unpaired) electrons. The van der Waals surface area contributed by atoms with Crippen molar-refractivity contribution in [3.63, 3.8) is 0 Å². The summed E-state index contributed by atoms with van der Waals surface area (Å²) in [6.07, 6.45) is 5.39. The SMILES string of the molecule is C=C1CCC([C@H](C)C(=O)O)/C1=C/C(=C\C)OCc1ccc(-c2cc(OC)ccc2F)c(C(C)(C)C)c1. The molecule has 2 atom stereocenters. The molecule has 1 N–H and O–H groups in total. The largest absolute Gasteiger partial charge is 0.497 e. The van der Waals surface area contributed by atoms with E-state index >= 15 is 0 Å². The van der Waals surface area contributed by atoms with Crippen LogP contribution in [-0.2, 0) is 21.6 Å². The molecule has 4 nitrogen and oxygen atoms in total. The maximum absolute atomic E-state index is 14.8. The van der Waals surface area contributed by atoms with Crippen LogP contribution in [0.4, 0.5) is 4.39 Å². The Morgan fingerprint density at radius 3 is 2.56 bits per heavy atom. The molecule has 0 spiro atoms. The Morgan fingerprint density at radius 2 is 1.94 bits per heavy atom. The fourth-order valence-electron chi connectivity index (χ4n) is 4.69. The van der Waals surface area contributed by atoms with Gasteiger partial charge in [-0.1, -0.05) is 58.0 Å². The molecular formula is C31H37FO4. The van der Waals surface area contributed by atoms with Crippen LogP contribution < -0.4 is 4.74 Å². The minimum atomic E-state index is -0.800. The van der Waals surface area contributed by atoms with Crippen LogP contribution >= 0.6 is 0 Å². The van der Waals surface area contributed by atoms with E-state index in [9.17, 15) is 14.3 Å². The third kappa shape index (κ3) is 6.07. The van der Waals surface area contributed by atoms with Crippen molar-refractivity contribution in [2.45, 2.75) is 59.5 Å². The number of rotatable bonds is 8. The zero-order chi connectivity index (χ0) is 26.6. The van der Waals surface area contributed by atoms with E-state index in [0.29, 0.717) is 23.7 Å². The van der Waals surface area contributed by atoms with E-state index < -0.39 is 11.9 Å². The molecular weight excluding hydrogens is 455 g/mol. The Bertz CT molecular complexity index is 1200. The van der Waals surface area contributed by atoms with Gasteiger partial charge in [0.2, 0.25) is 0 Å². The summed E-state index contributed by atoms with van der Waals surface area (Å²) < 4.78 is 26.3. The first-order chi connectivity index (χ1) is 17.0. The summed E-state index contributed by atoms with van der Waals surface area (Å²) in [5.41, 5.74) is 5.00. The Morgan fingerprint density at radius 1 is 1.22 bits per heavy atom. The first kappa shape index (κ1) is 27.3. The number of carboxylic acid groups (broad SMARTS) is 1. The minimum absolute atomic E-state index is 0.0712. The van der Waals surface area contributed by atoms with Gasteiger partial charge in [-0.3, -0.25) is 4.79 Å². The second kappa shape index (κ2) is 11.2. The molecule has 2 aromatic carbocycles. The zero-order valence-corrected chi connectivity index (χ0v) is 22.2. The van der Waals surface area contributed by atoms with E-state index in [1.165, 1.54) is 6.07 Å². The summed E-state index contributed by atoms with van der Waals surface area (Å²) in [6.45, 7) is 14.4. The predicted octanol–water partition coefficient (Wildman–Crippen LogP) is 7.83. The number of ether oxygens (including phenoxy) is 2. The van der Waals surface area contributed by atoms with Crippen molar-refractivity contribution in [2.24, 2.45) is 11.8 Å². The highest BCUT2D eigenvalue weighted by atomic mass is 19.1. The van der Waals surface area contributed by atoms with Crippen molar-refractivity contribution in [3.8, 4) is 16.9 Å². The molecule has 36 heavy (non-hydrogen) atoms. The van der Waals surface area contributed by atoms with Gasteiger partial charge in [0.25, 0.3) is 0 Å². The summed E-state index contributed by atoms with van der Waals surface area (Å²) in [5, 5.41) is 9.50. The second-order valence-corrected chi connectivity index (χ2v) is 10.4. The van der Waals surface area contributed by atoms with Crippen molar-refractivity contribution in [1.29, 1.82) is 0 Å². The van der Waals surface area contributed by atoms with Gasteiger partial charge in [-0.15, -0.1) is 0 Å². The second-order valence-electron chi connectivity index (χ2n) is 10.4. The Kier molecular flexibility index (Phi) is 8.44. The van der Waals surface area contributed by atoms with Crippen molar-refractivity contribution in [3.05, 3.63) is 89.0 Å². The normalized spacial score (nSPS) is 18.4. The maximum atomic E-state index is 14.8. The number of hydrogen-bond donors (Lipinski definition) is 1. The number of carboxylic acids is 1. The van der Waals surface area contributed by atoms with Gasteiger partial charge in [-0.2, -0.15) is 0 Å². The smallest absolute Gasteiger partial charge is 0.306 e. The molecule has 1 fully saturated rings. The lowest BCUT2D eigenvalue weighted by Gasteiger charge is -2.25. The Balaban J connectivity index is 1.88. The molecule has 3 rings (SSSR count). The van der Waals surface area contributed by atoms with Crippen LogP contribution in [0.5, 0.6) is 5.75 Å². The molecule has 1 saturated carbocycles. The summed E-state index contributed by atoms with van der Waals surface area (Å²) in [4.78, 5) is 11.6. The molecule has 0 amide bonds. The van der Waals surface area contributed by atoms with Gasteiger partial charge in [0.1, 0.15) is 23.9 Å². The van der Waals surface area contributed by atoms with E-state index in [2.05, 4.69) is 33.4 Å². The highest BCUT2D eigenvalue weighted by Gasteiger charge is 2.32. The number of benzene rings is 2. The van der Waals surface area contributed by atoms with E-state index in [0.717, 1.165) is 40.7 Å². The molecule has 2 aromatic rings. The third-order valence-electron chi connectivity index (χ3n) is 6.90. The van der Waals surface area contributed by atoms with Crippen LogP contribution in [0.3, 0.4) is 0 Å². The lowest BCUT2D eigenvalue weighted by atomic mass is 9.81. The lowest BCUT2D eigenvalue weighted by Crippen LogP contribution is -2.19. The molecule has 1 unspecified atom stereocenters. The molecule has 5 heteroatoms. The molecule has 0 heterocycles. The van der Waals surface area contributed by atoms with Crippen LogP contribution in [0.25, 0.3) is 11.1 Å². The van der Waals surface area contributed by atoms with Crippen LogP contribution in [0.1, 0.15) is 58.6 Å². The van der Waals surface area contributed by atoms with Crippen molar-refractivity contribution in [1.82, 2.24) is 0 Å². The third-order valence-corrected chi connectivity index (χ3v) is 6.90.